The number of rotatable bonds is 5. The molecule has 2 N–H and O–H groups in total. The molecule has 0 aromatic rings. The summed E-state index contributed by atoms with van der Waals surface area (Å²) in [6.07, 6.45) is 4.23. The highest BCUT2D eigenvalue weighted by atomic mass is 16.5. The van der Waals surface area contributed by atoms with Crippen LogP contribution in [0, 0.1) is 5.92 Å². The van der Waals surface area contributed by atoms with Crippen LogP contribution in [0.15, 0.2) is 0 Å². The van der Waals surface area contributed by atoms with Crippen molar-refractivity contribution in [1.29, 1.82) is 0 Å². The fraction of sp³-hybridized carbons (Fsp3) is 0.846. The van der Waals surface area contributed by atoms with Crippen LogP contribution in [0.5, 0.6) is 0 Å². The van der Waals surface area contributed by atoms with Gasteiger partial charge in [-0.3, -0.25) is 9.59 Å². The van der Waals surface area contributed by atoms with E-state index < -0.39 is 0 Å². The number of carbonyl (C=O) groups excluding carboxylic acids is 2. The Hall–Kier alpha value is -1.10. The SMILES string of the molecule is CCOC1CC(CC(=O)NC2CCC(=O)NC2)C1. The highest BCUT2D eigenvalue weighted by Gasteiger charge is 2.31. The second kappa shape index (κ2) is 6.18. The first kappa shape index (κ1) is 13.3. The highest BCUT2D eigenvalue weighted by molar-refractivity contribution is 5.79. The molecule has 18 heavy (non-hydrogen) atoms. The maximum Gasteiger partial charge on any atom is 0.220 e. The molecule has 0 radical (unpaired) electrons. The summed E-state index contributed by atoms with van der Waals surface area (Å²) >= 11 is 0. The molecule has 2 aliphatic rings. The zero-order valence-electron chi connectivity index (χ0n) is 10.9. The second-order valence-corrected chi connectivity index (χ2v) is 5.23. The lowest BCUT2D eigenvalue weighted by molar-refractivity contribution is -0.127. The Balaban J connectivity index is 1.60. The van der Waals surface area contributed by atoms with E-state index in [1.54, 1.807) is 0 Å². The molecule has 1 aliphatic heterocycles. The van der Waals surface area contributed by atoms with Crippen LogP contribution in [0.3, 0.4) is 0 Å². The van der Waals surface area contributed by atoms with Crippen LogP contribution in [0.2, 0.25) is 0 Å². The van der Waals surface area contributed by atoms with Gasteiger partial charge in [0.2, 0.25) is 11.8 Å². The summed E-state index contributed by atoms with van der Waals surface area (Å²) < 4.78 is 5.47. The largest absolute Gasteiger partial charge is 0.378 e. The first-order valence-electron chi connectivity index (χ1n) is 6.85. The van der Waals surface area contributed by atoms with Crippen molar-refractivity contribution in [2.24, 2.45) is 5.92 Å². The number of carbonyl (C=O) groups is 2. The average Bonchev–Trinajstić information content (AvgIpc) is 2.29. The summed E-state index contributed by atoms with van der Waals surface area (Å²) in [5.41, 5.74) is 0. The molecule has 0 spiro atoms. The maximum atomic E-state index is 11.8. The van der Waals surface area contributed by atoms with Gasteiger partial charge in [0.15, 0.2) is 0 Å². The molecule has 1 unspecified atom stereocenters. The summed E-state index contributed by atoms with van der Waals surface area (Å²) in [4.78, 5) is 22.8. The number of hydrogen-bond acceptors (Lipinski definition) is 3. The monoisotopic (exact) mass is 254 g/mol. The van der Waals surface area contributed by atoms with Gasteiger partial charge >= 0.3 is 0 Å². The van der Waals surface area contributed by atoms with Gasteiger partial charge in [-0.2, -0.15) is 0 Å². The topological polar surface area (TPSA) is 67.4 Å². The number of nitrogens with one attached hydrogen (secondary N) is 2. The minimum atomic E-state index is 0.0825. The minimum Gasteiger partial charge on any atom is -0.378 e. The van der Waals surface area contributed by atoms with Gasteiger partial charge in [-0.25, -0.2) is 0 Å². The molecule has 0 aromatic carbocycles. The zero-order chi connectivity index (χ0) is 13.0. The van der Waals surface area contributed by atoms with Gasteiger partial charge in [0.05, 0.1) is 6.10 Å². The van der Waals surface area contributed by atoms with Gasteiger partial charge in [0, 0.05) is 32.0 Å². The molecule has 2 fully saturated rings. The molecule has 5 heteroatoms. The van der Waals surface area contributed by atoms with Gasteiger partial charge in [0.25, 0.3) is 0 Å². The molecule has 2 rings (SSSR count). The first-order valence-corrected chi connectivity index (χ1v) is 6.85. The number of ether oxygens (including phenoxy) is 1. The van der Waals surface area contributed by atoms with E-state index in [4.69, 9.17) is 4.74 Å². The van der Waals surface area contributed by atoms with Gasteiger partial charge in [-0.05, 0) is 32.1 Å². The second-order valence-electron chi connectivity index (χ2n) is 5.23. The molecule has 0 bridgehead atoms. The summed E-state index contributed by atoms with van der Waals surface area (Å²) in [6.45, 7) is 3.32. The molecule has 1 saturated carbocycles. The highest BCUT2D eigenvalue weighted by Crippen LogP contribution is 2.32. The number of hydrogen-bond donors (Lipinski definition) is 2. The summed E-state index contributed by atoms with van der Waals surface area (Å²) in [5, 5.41) is 5.76. The Labute approximate surface area is 108 Å². The lowest BCUT2D eigenvalue weighted by Crippen LogP contribution is -2.48. The predicted octanol–water partition coefficient (Wildman–Crippen LogP) is 0.586. The van der Waals surface area contributed by atoms with Crippen LogP contribution in [0.1, 0.15) is 39.0 Å². The van der Waals surface area contributed by atoms with E-state index in [9.17, 15) is 9.59 Å². The minimum absolute atomic E-state index is 0.0825. The van der Waals surface area contributed by atoms with E-state index in [0.29, 0.717) is 31.4 Å². The van der Waals surface area contributed by atoms with Crippen LogP contribution >= 0.6 is 0 Å². The Morgan fingerprint density at radius 1 is 1.50 bits per heavy atom. The average molecular weight is 254 g/mol. The van der Waals surface area contributed by atoms with Crippen molar-refractivity contribution in [3.05, 3.63) is 0 Å². The number of piperidine rings is 1. The molecule has 5 nitrogen and oxygen atoms in total. The third kappa shape index (κ3) is 3.70. The van der Waals surface area contributed by atoms with E-state index in [1.165, 1.54) is 0 Å². The Morgan fingerprint density at radius 2 is 2.28 bits per heavy atom. The molecular weight excluding hydrogens is 232 g/mol. The zero-order valence-corrected chi connectivity index (χ0v) is 10.9. The molecule has 1 aliphatic carbocycles. The molecule has 0 aromatic heterocycles. The predicted molar refractivity (Wildman–Crippen MR) is 66.9 cm³/mol. The molecular formula is C13H22N2O3. The smallest absolute Gasteiger partial charge is 0.220 e. The summed E-state index contributed by atoms with van der Waals surface area (Å²) in [6, 6.07) is 0.109. The summed E-state index contributed by atoms with van der Waals surface area (Å²) in [7, 11) is 0. The Bertz CT molecular complexity index is 303. The van der Waals surface area contributed by atoms with E-state index in [2.05, 4.69) is 10.6 Å². The van der Waals surface area contributed by atoms with Gasteiger partial charge in [-0.15, -0.1) is 0 Å². The molecule has 1 atom stereocenters. The quantitative estimate of drug-likeness (QED) is 0.754. The maximum absolute atomic E-state index is 11.8. The fourth-order valence-corrected chi connectivity index (χ4v) is 2.62. The first-order chi connectivity index (χ1) is 8.67. The molecule has 1 heterocycles. The van der Waals surface area contributed by atoms with E-state index in [-0.39, 0.29) is 17.9 Å². The Kier molecular flexibility index (Phi) is 4.58. The van der Waals surface area contributed by atoms with Crippen molar-refractivity contribution in [3.63, 3.8) is 0 Å². The third-order valence-corrected chi connectivity index (χ3v) is 3.70. The van der Waals surface area contributed by atoms with Crippen LogP contribution in [-0.2, 0) is 14.3 Å². The van der Waals surface area contributed by atoms with E-state index in [1.807, 2.05) is 6.92 Å². The van der Waals surface area contributed by atoms with Crippen molar-refractivity contribution >= 4 is 11.8 Å². The van der Waals surface area contributed by atoms with Gasteiger partial charge in [-0.1, -0.05) is 0 Å². The standard InChI is InChI=1S/C13H22N2O3/c1-2-18-11-5-9(6-11)7-13(17)15-10-3-4-12(16)14-8-10/h9-11H,2-8H2,1H3,(H,14,16)(H,15,17). The lowest BCUT2D eigenvalue weighted by atomic mass is 9.80. The van der Waals surface area contributed by atoms with Crippen molar-refractivity contribution in [3.8, 4) is 0 Å². The van der Waals surface area contributed by atoms with Crippen LogP contribution in [0.25, 0.3) is 0 Å². The molecule has 1 saturated heterocycles. The van der Waals surface area contributed by atoms with Crippen molar-refractivity contribution in [1.82, 2.24) is 10.6 Å². The van der Waals surface area contributed by atoms with Crippen LogP contribution < -0.4 is 10.6 Å². The van der Waals surface area contributed by atoms with Gasteiger partial charge < -0.3 is 15.4 Å². The lowest BCUT2D eigenvalue weighted by Gasteiger charge is -2.35. The van der Waals surface area contributed by atoms with Crippen molar-refractivity contribution < 1.29 is 14.3 Å². The normalized spacial score (nSPS) is 31.4. The van der Waals surface area contributed by atoms with Crippen LogP contribution in [0.4, 0.5) is 0 Å². The van der Waals surface area contributed by atoms with Gasteiger partial charge in [0.1, 0.15) is 0 Å². The Morgan fingerprint density at radius 3 is 2.89 bits per heavy atom. The molecule has 2 amide bonds. The van der Waals surface area contributed by atoms with Crippen molar-refractivity contribution in [2.45, 2.75) is 51.2 Å². The van der Waals surface area contributed by atoms with E-state index >= 15 is 0 Å². The van der Waals surface area contributed by atoms with E-state index in [0.717, 1.165) is 25.9 Å². The fourth-order valence-electron chi connectivity index (χ4n) is 2.62. The third-order valence-electron chi connectivity index (χ3n) is 3.70. The van der Waals surface area contributed by atoms with Crippen LogP contribution in [-0.4, -0.2) is 37.1 Å². The van der Waals surface area contributed by atoms with Crippen molar-refractivity contribution in [2.75, 3.05) is 13.2 Å². The number of amides is 2. The molecule has 102 valence electrons. The summed E-state index contributed by atoms with van der Waals surface area (Å²) in [5.74, 6) is 0.662.